The topological polar surface area (TPSA) is 20.2 Å². The van der Waals surface area contributed by atoms with Gasteiger partial charge in [-0.3, -0.25) is 0 Å². The van der Waals surface area contributed by atoms with E-state index in [1.165, 1.54) is 0 Å². The number of halogens is 1. The average Bonchev–Trinajstić information content (AvgIpc) is 2.20. The number of hydrogen-bond acceptors (Lipinski definition) is 1. The van der Waals surface area contributed by atoms with Crippen LogP contribution in [0.4, 0.5) is 0 Å². The van der Waals surface area contributed by atoms with E-state index >= 15 is 0 Å². The molecule has 1 rings (SSSR count). The lowest BCUT2D eigenvalue weighted by atomic mass is 9.93. The Bertz CT molecular complexity index is 309. The van der Waals surface area contributed by atoms with Crippen LogP contribution in [0.3, 0.4) is 0 Å². The van der Waals surface area contributed by atoms with E-state index < -0.39 is 0 Å². The molecule has 0 aliphatic carbocycles. The van der Waals surface area contributed by atoms with Crippen molar-refractivity contribution in [3.8, 4) is 0 Å². The Kier molecular flexibility index (Phi) is 3.97. The molecule has 0 bridgehead atoms. The summed E-state index contributed by atoms with van der Waals surface area (Å²) in [6, 6.07) is 5.95. The van der Waals surface area contributed by atoms with Gasteiger partial charge in [0.25, 0.3) is 0 Å². The van der Waals surface area contributed by atoms with Gasteiger partial charge in [-0.15, -0.1) is 0 Å². The Hall–Kier alpha value is -0.530. The molecule has 14 heavy (non-hydrogen) atoms. The third kappa shape index (κ3) is 2.28. The fourth-order valence-electron chi connectivity index (χ4n) is 1.58. The first-order chi connectivity index (χ1) is 6.57. The summed E-state index contributed by atoms with van der Waals surface area (Å²) in [5.41, 5.74) is 2.11. The molecule has 78 valence electrons. The summed E-state index contributed by atoms with van der Waals surface area (Å²) in [7, 11) is 0. The maximum atomic E-state index is 9.74. The van der Waals surface area contributed by atoms with Crippen LogP contribution >= 0.6 is 11.6 Å². The maximum Gasteiger partial charge on any atom is 0.0604 e. The molecule has 0 spiro atoms. The van der Waals surface area contributed by atoms with Crippen LogP contribution in [-0.2, 0) is 0 Å². The van der Waals surface area contributed by atoms with Crippen LogP contribution in [0, 0.1) is 6.92 Å². The highest BCUT2D eigenvalue weighted by Crippen LogP contribution is 2.30. The molecule has 1 aromatic rings. The fourth-order valence-corrected chi connectivity index (χ4v) is 1.88. The highest BCUT2D eigenvalue weighted by atomic mass is 35.5. The van der Waals surface area contributed by atoms with Crippen molar-refractivity contribution in [3.63, 3.8) is 0 Å². The van der Waals surface area contributed by atoms with Gasteiger partial charge in [0.15, 0.2) is 0 Å². The van der Waals surface area contributed by atoms with Crippen molar-refractivity contribution in [1.29, 1.82) is 0 Å². The predicted molar refractivity (Wildman–Crippen MR) is 60.9 cm³/mol. The molecule has 0 aromatic heterocycles. The molecule has 0 aliphatic heterocycles. The molecule has 0 saturated carbocycles. The molecule has 0 fully saturated rings. The first-order valence-electron chi connectivity index (χ1n) is 5.01. The minimum atomic E-state index is -0.311. The molecule has 1 nitrogen and oxygen atoms in total. The molecule has 0 heterocycles. The number of aliphatic hydroxyl groups excluding tert-OH is 1. The highest BCUT2D eigenvalue weighted by Gasteiger charge is 2.17. The summed E-state index contributed by atoms with van der Waals surface area (Å²) in [6.45, 7) is 5.97. The smallest absolute Gasteiger partial charge is 0.0604 e. The van der Waals surface area contributed by atoms with Crippen LogP contribution in [0.25, 0.3) is 0 Å². The van der Waals surface area contributed by atoms with Gasteiger partial charge < -0.3 is 5.11 Å². The summed E-state index contributed by atoms with van der Waals surface area (Å²) >= 11 is 6.18. The molecular weight excluding hydrogens is 196 g/mol. The highest BCUT2D eigenvalue weighted by molar-refractivity contribution is 6.32. The first kappa shape index (κ1) is 11.5. The maximum absolute atomic E-state index is 9.74. The standard InChI is InChI=1S/C12H17ClO/c1-4-11(14)9(3)10-7-5-6-8(2)12(10)13/h5-7,9,11,14H,4H2,1-3H3. The Morgan fingerprint density at radius 3 is 2.64 bits per heavy atom. The van der Waals surface area contributed by atoms with E-state index in [1.807, 2.05) is 39.0 Å². The van der Waals surface area contributed by atoms with Crippen LogP contribution in [0.15, 0.2) is 18.2 Å². The molecular formula is C12H17ClO. The fraction of sp³-hybridized carbons (Fsp3) is 0.500. The van der Waals surface area contributed by atoms with Gasteiger partial charge in [0.1, 0.15) is 0 Å². The summed E-state index contributed by atoms with van der Waals surface area (Å²) in [5, 5.41) is 10.5. The average molecular weight is 213 g/mol. The lowest BCUT2D eigenvalue weighted by molar-refractivity contribution is 0.145. The third-order valence-corrected chi connectivity index (χ3v) is 3.22. The largest absolute Gasteiger partial charge is 0.393 e. The zero-order valence-electron chi connectivity index (χ0n) is 8.92. The number of aliphatic hydroxyl groups is 1. The Morgan fingerprint density at radius 1 is 1.43 bits per heavy atom. The van der Waals surface area contributed by atoms with Crippen LogP contribution in [0.5, 0.6) is 0 Å². The molecule has 0 amide bonds. The SMILES string of the molecule is CCC(O)C(C)c1cccc(C)c1Cl. The van der Waals surface area contributed by atoms with Crippen LogP contribution in [0.1, 0.15) is 37.3 Å². The van der Waals surface area contributed by atoms with Gasteiger partial charge in [-0.25, -0.2) is 0 Å². The van der Waals surface area contributed by atoms with E-state index in [9.17, 15) is 5.11 Å². The zero-order chi connectivity index (χ0) is 10.7. The van der Waals surface area contributed by atoms with Crippen molar-refractivity contribution in [1.82, 2.24) is 0 Å². The van der Waals surface area contributed by atoms with E-state index in [4.69, 9.17) is 11.6 Å². The third-order valence-electron chi connectivity index (χ3n) is 2.71. The van der Waals surface area contributed by atoms with E-state index in [2.05, 4.69) is 0 Å². The molecule has 0 saturated heterocycles. The van der Waals surface area contributed by atoms with E-state index in [-0.39, 0.29) is 12.0 Å². The molecule has 2 atom stereocenters. The second kappa shape index (κ2) is 4.81. The Morgan fingerprint density at radius 2 is 2.07 bits per heavy atom. The van der Waals surface area contributed by atoms with Crippen molar-refractivity contribution in [2.24, 2.45) is 0 Å². The molecule has 1 aromatic carbocycles. The summed E-state index contributed by atoms with van der Waals surface area (Å²) in [5.74, 6) is 0.104. The van der Waals surface area contributed by atoms with Crippen molar-refractivity contribution in [2.45, 2.75) is 39.2 Å². The van der Waals surface area contributed by atoms with Gasteiger partial charge in [-0.05, 0) is 24.5 Å². The minimum absolute atomic E-state index is 0.104. The first-order valence-corrected chi connectivity index (χ1v) is 5.38. The zero-order valence-corrected chi connectivity index (χ0v) is 9.67. The second-order valence-corrected chi connectivity index (χ2v) is 4.12. The van der Waals surface area contributed by atoms with Gasteiger partial charge in [-0.2, -0.15) is 0 Å². The molecule has 2 heteroatoms. The Labute approximate surface area is 90.7 Å². The number of aryl methyl sites for hydroxylation is 1. The number of rotatable bonds is 3. The van der Waals surface area contributed by atoms with E-state index in [0.717, 1.165) is 22.6 Å². The summed E-state index contributed by atoms with van der Waals surface area (Å²) < 4.78 is 0. The van der Waals surface area contributed by atoms with E-state index in [1.54, 1.807) is 0 Å². The van der Waals surface area contributed by atoms with Crippen molar-refractivity contribution in [2.75, 3.05) is 0 Å². The molecule has 1 N–H and O–H groups in total. The normalized spacial score (nSPS) is 15.2. The lowest BCUT2D eigenvalue weighted by Crippen LogP contribution is -2.14. The number of benzene rings is 1. The number of hydrogen-bond donors (Lipinski definition) is 1. The van der Waals surface area contributed by atoms with Crippen LogP contribution < -0.4 is 0 Å². The van der Waals surface area contributed by atoms with Gasteiger partial charge in [0, 0.05) is 10.9 Å². The van der Waals surface area contributed by atoms with Crippen molar-refractivity contribution in [3.05, 3.63) is 34.3 Å². The minimum Gasteiger partial charge on any atom is -0.393 e. The van der Waals surface area contributed by atoms with Gasteiger partial charge in [0.2, 0.25) is 0 Å². The van der Waals surface area contributed by atoms with Crippen LogP contribution in [0.2, 0.25) is 5.02 Å². The predicted octanol–water partition coefficient (Wildman–Crippen LogP) is 3.52. The molecule has 0 aliphatic rings. The van der Waals surface area contributed by atoms with Crippen molar-refractivity contribution >= 4 is 11.6 Å². The van der Waals surface area contributed by atoms with Gasteiger partial charge in [-0.1, -0.05) is 43.6 Å². The second-order valence-electron chi connectivity index (χ2n) is 3.74. The van der Waals surface area contributed by atoms with Gasteiger partial charge in [0.05, 0.1) is 6.10 Å². The summed E-state index contributed by atoms with van der Waals surface area (Å²) in [4.78, 5) is 0. The molecule has 0 radical (unpaired) electrons. The molecule has 2 unspecified atom stereocenters. The quantitative estimate of drug-likeness (QED) is 0.813. The summed E-state index contributed by atoms with van der Waals surface area (Å²) in [6.07, 6.45) is 0.445. The lowest BCUT2D eigenvalue weighted by Gasteiger charge is -2.19. The Balaban J connectivity index is 3.01. The van der Waals surface area contributed by atoms with E-state index in [0.29, 0.717) is 0 Å². The van der Waals surface area contributed by atoms with Crippen LogP contribution in [-0.4, -0.2) is 11.2 Å². The monoisotopic (exact) mass is 212 g/mol. The van der Waals surface area contributed by atoms with Gasteiger partial charge >= 0.3 is 0 Å². The van der Waals surface area contributed by atoms with Crippen molar-refractivity contribution < 1.29 is 5.11 Å².